The van der Waals surface area contributed by atoms with E-state index in [1.165, 1.54) is 0 Å². The van der Waals surface area contributed by atoms with E-state index < -0.39 is 0 Å². The molecular weight excluding hydrogens is 204 g/mol. The molecule has 0 radical (unpaired) electrons. The molecule has 88 valence electrons. The quantitative estimate of drug-likeness (QED) is 0.674. The Bertz CT molecular complexity index is 353. The van der Waals surface area contributed by atoms with Gasteiger partial charge in [0.25, 0.3) is 0 Å². The zero-order chi connectivity index (χ0) is 12.0. The van der Waals surface area contributed by atoms with E-state index in [1.54, 1.807) is 6.92 Å². The highest BCUT2D eigenvalue weighted by Gasteiger charge is 2.09. The highest BCUT2D eigenvalue weighted by atomic mass is 16.3. The lowest BCUT2D eigenvalue weighted by Crippen LogP contribution is -2.32. The molecule has 0 saturated carbocycles. The summed E-state index contributed by atoms with van der Waals surface area (Å²) in [5.74, 6) is -0.210. The molecule has 1 rings (SSSR count). The lowest BCUT2D eigenvalue weighted by Gasteiger charge is -2.10. The predicted octanol–water partition coefficient (Wildman–Crippen LogP) is 0.390. The van der Waals surface area contributed by atoms with E-state index in [1.807, 2.05) is 24.3 Å². The van der Waals surface area contributed by atoms with Gasteiger partial charge < -0.3 is 16.2 Å². The lowest BCUT2D eigenvalue weighted by atomic mass is 10.1. The Labute approximate surface area is 95.5 Å². The number of benzene rings is 1. The molecule has 0 aliphatic heterocycles. The molecule has 0 fully saturated rings. The third kappa shape index (κ3) is 3.64. The van der Waals surface area contributed by atoms with Crippen LogP contribution in [0.1, 0.15) is 18.1 Å². The Hall–Kier alpha value is -1.39. The first-order valence-electron chi connectivity index (χ1n) is 5.33. The number of carbonyl (C=O) groups is 1. The molecule has 0 aliphatic carbocycles. The minimum atomic E-state index is -0.166. The fourth-order valence-corrected chi connectivity index (χ4v) is 1.31. The summed E-state index contributed by atoms with van der Waals surface area (Å²) in [6.45, 7) is 2.62. The summed E-state index contributed by atoms with van der Waals surface area (Å²) >= 11 is 0. The van der Waals surface area contributed by atoms with Gasteiger partial charge in [-0.15, -0.1) is 0 Å². The molecule has 1 aromatic rings. The average molecular weight is 222 g/mol. The summed E-state index contributed by atoms with van der Waals surface area (Å²) in [6.07, 6.45) is 0. The molecular formula is C12H18N2O2. The summed E-state index contributed by atoms with van der Waals surface area (Å²) in [5.41, 5.74) is 7.22. The fourth-order valence-electron chi connectivity index (χ4n) is 1.31. The van der Waals surface area contributed by atoms with Crippen molar-refractivity contribution in [2.75, 3.05) is 6.54 Å². The van der Waals surface area contributed by atoms with Crippen molar-refractivity contribution in [3.63, 3.8) is 0 Å². The minimum absolute atomic E-state index is 0.0149. The third-order valence-electron chi connectivity index (χ3n) is 2.44. The van der Waals surface area contributed by atoms with E-state index in [4.69, 9.17) is 10.8 Å². The number of hydrogen-bond donors (Lipinski definition) is 3. The summed E-state index contributed by atoms with van der Waals surface area (Å²) in [6, 6.07) is 7.48. The largest absolute Gasteiger partial charge is 0.392 e. The van der Waals surface area contributed by atoms with Crippen LogP contribution in [-0.2, 0) is 17.9 Å². The second kappa shape index (κ2) is 6.25. The molecule has 4 heteroatoms. The maximum atomic E-state index is 11.5. The fraction of sp³-hybridized carbons (Fsp3) is 0.417. The molecule has 4 N–H and O–H groups in total. The van der Waals surface area contributed by atoms with Gasteiger partial charge >= 0.3 is 0 Å². The van der Waals surface area contributed by atoms with Gasteiger partial charge in [-0.3, -0.25) is 4.79 Å². The molecule has 0 saturated heterocycles. The van der Waals surface area contributed by atoms with Crippen molar-refractivity contribution in [3.05, 3.63) is 35.4 Å². The highest BCUT2D eigenvalue weighted by Crippen LogP contribution is 2.05. The van der Waals surface area contributed by atoms with Crippen LogP contribution < -0.4 is 11.1 Å². The van der Waals surface area contributed by atoms with Crippen LogP contribution >= 0.6 is 0 Å². The van der Waals surface area contributed by atoms with Crippen molar-refractivity contribution < 1.29 is 9.90 Å². The Morgan fingerprint density at radius 1 is 1.50 bits per heavy atom. The molecule has 4 nitrogen and oxygen atoms in total. The van der Waals surface area contributed by atoms with Gasteiger partial charge in [0.1, 0.15) is 0 Å². The van der Waals surface area contributed by atoms with Gasteiger partial charge in [-0.05, 0) is 11.1 Å². The molecule has 0 aromatic heterocycles. The van der Waals surface area contributed by atoms with Crippen molar-refractivity contribution in [1.29, 1.82) is 0 Å². The smallest absolute Gasteiger partial charge is 0.224 e. The molecule has 1 unspecified atom stereocenters. The van der Waals surface area contributed by atoms with Crippen molar-refractivity contribution in [2.45, 2.75) is 20.1 Å². The second-order valence-electron chi connectivity index (χ2n) is 3.83. The van der Waals surface area contributed by atoms with Gasteiger partial charge in [-0.25, -0.2) is 0 Å². The van der Waals surface area contributed by atoms with Crippen LogP contribution in [-0.4, -0.2) is 17.6 Å². The molecule has 16 heavy (non-hydrogen) atoms. The molecule has 0 aliphatic rings. The second-order valence-corrected chi connectivity index (χ2v) is 3.83. The molecule has 1 amide bonds. The third-order valence-corrected chi connectivity index (χ3v) is 2.44. The standard InChI is InChI=1S/C12H18N2O2/c1-9(6-13)12(16)14-7-10-3-2-4-11(5-10)8-15/h2-5,9,15H,6-8,13H2,1H3,(H,14,16). The van der Waals surface area contributed by atoms with Gasteiger partial charge in [0.15, 0.2) is 0 Å². The SMILES string of the molecule is CC(CN)C(=O)NCc1cccc(CO)c1. The highest BCUT2D eigenvalue weighted by molar-refractivity contribution is 5.78. The molecule has 0 spiro atoms. The van der Waals surface area contributed by atoms with Crippen LogP contribution in [0.3, 0.4) is 0 Å². The zero-order valence-electron chi connectivity index (χ0n) is 9.44. The number of nitrogens with two attached hydrogens (primary N) is 1. The summed E-state index contributed by atoms with van der Waals surface area (Å²) in [7, 11) is 0. The van der Waals surface area contributed by atoms with Crippen LogP contribution in [0.2, 0.25) is 0 Å². The summed E-state index contributed by atoms with van der Waals surface area (Å²) in [5, 5.41) is 11.8. The Kier molecular flexibility index (Phi) is 4.95. The van der Waals surface area contributed by atoms with Crippen molar-refractivity contribution >= 4 is 5.91 Å². The number of aliphatic hydroxyl groups is 1. The maximum absolute atomic E-state index is 11.5. The zero-order valence-corrected chi connectivity index (χ0v) is 9.44. The number of hydrogen-bond acceptors (Lipinski definition) is 3. The van der Waals surface area contributed by atoms with Crippen molar-refractivity contribution in [3.8, 4) is 0 Å². The minimum Gasteiger partial charge on any atom is -0.392 e. The Balaban J connectivity index is 2.51. The number of carbonyl (C=O) groups excluding carboxylic acids is 1. The number of nitrogens with one attached hydrogen (secondary N) is 1. The number of rotatable bonds is 5. The van der Waals surface area contributed by atoms with E-state index in [2.05, 4.69) is 5.32 Å². The van der Waals surface area contributed by atoms with Crippen LogP contribution in [0.5, 0.6) is 0 Å². The van der Waals surface area contributed by atoms with E-state index in [0.29, 0.717) is 13.1 Å². The van der Waals surface area contributed by atoms with Crippen LogP contribution in [0.15, 0.2) is 24.3 Å². The van der Waals surface area contributed by atoms with Crippen LogP contribution in [0.4, 0.5) is 0 Å². The normalized spacial score (nSPS) is 12.2. The predicted molar refractivity (Wildman–Crippen MR) is 62.4 cm³/mol. The molecule has 1 aromatic carbocycles. The van der Waals surface area contributed by atoms with Gasteiger partial charge in [0, 0.05) is 19.0 Å². The van der Waals surface area contributed by atoms with Gasteiger partial charge in [0.2, 0.25) is 5.91 Å². The Morgan fingerprint density at radius 3 is 2.81 bits per heavy atom. The van der Waals surface area contributed by atoms with Crippen LogP contribution in [0, 0.1) is 5.92 Å². The maximum Gasteiger partial charge on any atom is 0.224 e. The monoisotopic (exact) mass is 222 g/mol. The summed E-state index contributed by atoms with van der Waals surface area (Å²) in [4.78, 5) is 11.5. The average Bonchev–Trinajstić information content (AvgIpc) is 2.35. The van der Waals surface area contributed by atoms with Crippen molar-refractivity contribution in [1.82, 2.24) is 5.32 Å². The lowest BCUT2D eigenvalue weighted by molar-refractivity contribution is -0.124. The molecule has 0 bridgehead atoms. The Morgan fingerprint density at radius 2 is 2.19 bits per heavy atom. The van der Waals surface area contributed by atoms with Gasteiger partial charge in [-0.2, -0.15) is 0 Å². The van der Waals surface area contributed by atoms with E-state index in [9.17, 15) is 4.79 Å². The van der Waals surface area contributed by atoms with E-state index in [0.717, 1.165) is 11.1 Å². The molecule has 0 heterocycles. The first-order chi connectivity index (χ1) is 7.67. The first-order valence-corrected chi connectivity index (χ1v) is 5.33. The van der Waals surface area contributed by atoms with Gasteiger partial charge in [-0.1, -0.05) is 31.2 Å². The van der Waals surface area contributed by atoms with E-state index >= 15 is 0 Å². The van der Waals surface area contributed by atoms with E-state index in [-0.39, 0.29) is 18.4 Å². The number of aliphatic hydroxyl groups excluding tert-OH is 1. The molecule has 1 atom stereocenters. The summed E-state index contributed by atoms with van der Waals surface area (Å²) < 4.78 is 0. The number of amides is 1. The first kappa shape index (κ1) is 12.7. The topological polar surface area (TPSA) is 75.4 Å². The van der Waals surface area contributed by atoms with Crippen LogP contribution in [0.25, 0.3) is 0 Å². The van der Waals surface area contributed by atoms with Gasteiger partial charge in [0.05, 0.1) is 6.61 Å². The van der Waals surface area contributed by atoms with Crippen molar-refractivity contribution in [2.24, 2.45) is 11.7 Å².